The summed E-state index contributed by atoms with van der Waals surface area (Å²) in [5.41, 5.74) is 2.90. The number of anilines is 3. The smallest absolute Gasteiger partial charge is 0.265 e. The predicted molar refractivity (Wildman–Crippen MR) is 119 cm³/mol. The molecular formula is C23H23N3O2S. The molecule has 29 heavy (non-hydrogen) atoms. The van der Waals surface area contributed by atoms with Gasteiger partial charge in [0.05, 0.1) is 21.3 Å². The maximum absolute atomic E-state index is 12.8. The van der Waals surface area contributed by atoms with Gasteiger partial charge < -0.3 is 15.5 Å². The lowest BCUT2D eigenvalue weighted by atomic mass is 10.2. The molecule has 2 amide bonds. The Kier molecular flexibility index (Phi) is 5.62. The van der Waals surface area contributed by atoms with Crippen molar-refractivity contribution in [3.8, 4) is 0 Å². The summed E-state index contributed by atoms with van der Waals surface area (Å²) >= 11 is 1.29. The number of rotatable bonds is 7. The van der Waals surface area contributed by atoms with Crippen LogP contribution >= 0.6 is 11.3 Å². The minimum absolute atomic E-state index is 0.0479. The molecule has 0 saturated heterocycles. The van der Waals surface area contributed by atoms with E-state index in [0.717, 1.165) is 30.8 Å². The van der Waals surface area contributed by atoms with Crippen molar-refractivity contribution in [1.82, 2.24) is 0 Å². The molecule has 4 rings (SSSR count). The van der Waals surface area contributed by atoms with E-state index < -0.39 is 0 Å². The van der Waals surface area contributed by atoms with Crippen LogP contribution in [0.1, 0.15) is 28.1 Å². The zero-order valence-corrected chi connectivity index (χ0v) is 17.0. The second-order valence-electron chi connectivity index (χ2n) is 7.24. The molecule has 148 valence electrons. The molecule has 1 fully saturated rings. The summed E-state index contributed by atoms with van der Waals surface area (Å²) in [6.45, 7) is 0.740. The molecule has 2 N–H and O–H groups in total. The first-order chi connectivity index (χ1) is 14.1. The van der Waals surface area contributed by atoms with E-state index in [1.807, 2.05) is 49.5 Å². The first kappa shape index (κ1) is 19.2. The summed E-state index contributed by atoms with van der Waals surface area (Å²) in [7, 11) is 2.01. The minimum atomic E-state index is -0.178. The molecule has 1 aliphatic carbocycles. The summed E-state index contributed by atoms with van der Waals surface area (Å²) in [6.07, 6.45) is 1.91. The maximum atomic E-state index is 12.8. The van der Waals surface area contributed by atoms with Gasteiger partial charge in [-0.05, 0) is 42.7 Å². The molecule has 0 atom stereocenters. The highest BCUT2D eigenvalue weighted by atomic mass is 32.1. The second kappa shape index (κ2) is 8.49. The number of benzene rings is 2. The normalized spacial score (nSPS) is 13.0. The molecule has 1 saturated carbocycles. The Morgan fingerprint density at radius 2 is 1.69 bits per heavy atom. The van der Waals surface area contributed by atoms with Crippen LogP contribution in [0, 0.1) is 5.92 Å². The Morgan fingerprint density at radius 3 is 2.45 bits per heavy atom. The Balaban J connectivity index is 1.44. The molecule has 6 heteroatoms. The van der Waals surface area contributed by atoms with Crippen molar-refractivity contribution in [2.75, 3.05) is 22.6 Å². The summed E-state index contributed by atoms with van der Waals surface area (Å²) in [5.74, 6) is 0.00979. The van der Waals surface area contributed by atoms with Gasteiger partial charge >= 0.3 is 0 Å². The average molecular weight is 406 g/mol. The van der Waals surface area contributed by atoms with Crippen LogP contribution in [0.25, 0.3) is 0 Å². The fourth-order valence-electron chi connectivity index (χ4n) is 3.13. The van der Waals surface area contributed by atoms with E-state index in [9.17, 15) is 9.59 Å². The number of carbonyl (C=O) groups excluding carboxylic acids is 2. The molecule has 1 aromatic heterocycles. The number of hydrogen-bond donors (Lipinski definition) is 2. The highest BCUT2D eigenvalue weighted by Gasteiger charge is 2.29. The van der Waals surface area contributed by atoms with Crippen molar-refractivity contribution in [3.63, 3.8) is 0 Å². The van der Waals surface area contributed by atoms with E-state index in [4.69, 9.17) is 0 Å². The third kappa shape index (κ3) is 4.84. The summed E-state index contributed by atoms with van der Waals surface area (Å²) in [6, 6.07) is 21.5. The van der Waals surface area contributed by atoms with Crippen LogP contribution in [0.5, 0.6) is 0 Å². The number of nitrogens with one attached hydrogen (secondary N) is 2. The van der Waals surface area contributed by atoms with Crippen LogP contribution < -0.4 is 15.5 Å². The highest BCUT2D eigenvalue weighted by Crippen LogP contribution is 2.32. The lowest BCUT2D eigenvalue weighted by Gasteiger charge is -2.22. The van der Waals surface area contributed by atoms with Crippen molar-refractivity contribution >= 4 is 39.5 Å². The zero-order chi connectivity index (χ0) is 20.2. The van der Waals surface area contributed by atoms with Gasteiger partial charge in [-0.15, -0.1) is 11.3 Å². The van der Waals surface area contributed by atoms with Crippen LogP contribution in [-0.4, -0.2) is 18.9 Å². The quantitative estimate of drug-likeness (QED) is 0.582. The van der Waals surface area contributed by atoms with E-state index >= 15 is 0 Å². The van der Waals surface area contributed by atoms with Gasteiger partial charge in [-0.1, -0.05) is 42.5 Å². The number of amides is 2. The molecule has 3 aromatic rings. The molecule has 5 nitrogen and oxygen atoms in total. The summed E-state index contributed by atoms with van der Waals surface area (Å²) < 4.78 is 0. The third-order valence-electron chi connectivity index (χ3n) is 4.85. The van der Waals surface area contributed by atoms with E-state index in [2.05, 4.69) is 27.7 Å². The number of nitrogens with zero attached hydrogens (tertiary/aromatic N) is 1. The number of hydrogen-bond acceptors (Lipinski definition) is 4. The van der Waals surface area contributed by atoms with Crippen molar-refractivity contribution in [3.05, 3.63) is 77.2 Å². The fraction of sp³-hybridized carbons (Fsp3) is 0.217. The first-order valence-electron chi connectivity index (χ1n) is 9.66. The Morgan fingerprint density at radius 1 is 0.966 bits per heavy atom. The van der Waals surface area contributed by atoms with Gasteiger partial charge in [0.2, 0.25) is 5.91 Å². The lowest BCUT2D eigenvalue weighted by molar-refractivity contribution is -0.117. The van der Waals surface area contributed by atoms with Gasteiger partial charge in [0.25, 0.3) is 5.91 Å². The Hall–Kier alpha value is -3.12. The van der Waals surface area contributed by atoms with Gasteiger partial charge in [0, 0.05) is 19.5 Å². The van der Waals surface area contributed by atoms with Crippen molar-refractivity contribution in [2.45, 2.75) is 19.4 Å². The fourth-order valence-corrected chi connectivity index (χ4v) is 3.94. The monoisotopic (exact) mass is 405 g/mol. The Bertz CT molecular complexity index is 1010. The second-order valence-corrected chi connectivity index (χ2v) is 8.32. The molecule has 0 unspecified atom stereocenters. The van der Waals surface area contributed by atoms with E-state index in [-0.39, 0.29) is 17.7 Å². The van der Waals surface area contributed by atoms with Gasteiger partial charge in [-0.2, -0.15) is 0 Å². The first-order valence-corrected chi connectivity index (χ1v) is 10.5. The van der Waals surface area contributed by atoms with Gasteiger partial charge in [-0.3, -0.25) is 9.59 Å². The molecule has 0 aliphatic heterocycles. The van der Waals surface area contributed by atoms with Crippen LogP contribution in [-0.2, 0) is 11.3 Å². The van der Waals surface area contributed by atoms with Crippen LogP contribution in [0.15, 0.2) is 66.7 Å². The highest BCUT2D eigenvalue weighted by molar-refractivity contribution is 7.18. The van der Waals surface area contributed by atoms with E-state index in [0.29, 0.717) is 9.88 Å². The number of thiophene rings is 1. The number of carbonyl (C=O) groups is 2. The molecule has 0 radical (unpaired) electrons. The summed E-state index contributed by atoms with van der Waals surface area (Å²) in [5, 5.41) is 6.61. The third-order valence-corrected chi connectivity index (χ3v) is 5.85. The minimum Gasteiger partial charge on any atom is -0.369 e. The Labute approximate surface area is 174 Å². The molecular weight excluding hydrogens is 382 g/mol. The standard InChI is InChI=1S/C23H23N3O2S/c1-26(15-16-7-3-2-4-8-16)19-10-6-5-9-18(19)24-23(28)20-13-14-21(29-20)25-22(27)17-11-12-17/h2-10,13-14,17H,11-12,15H2,1H3,(H,24,28)(H,25,27). The van der Waals surface area contributed by atoms with Gasteiger partial charge in [-0.25, -0.2) is 0 Å². The lowest BCUT2D eigenvalue weighted by Crippen LogP contribution is -2.19. The number of para-hydroxylation sites is 2. The largest absolute Gasteiger partial charge is 0.369 e. The van der Waals surface area contributed by atoms with Crippen LogP contribution in [0.4, 0.5) is 16.4 Å². The van der Waals surface area contributed by atoms with Crippen molar-refractivity contribution in [1.29, 1.82) is 0 Å². The maximum Gasteiger partial charge on any atom is 0.265 e. The molecule has 2 aromatic carbocycles. The molecule has 0 spiro atoms. The van der Waals surface area contributed by atoms with Crippen LogP contribution in [0.2, 0.25) is 0 Å². The topological polar surface area (TPSA) is 61.4 Å². The average Bonchev–Trinajstić information content (AvgIpc) is 3.48. The van der Waals surface area contributed by atoms with Crippen LogP contribution in [0.3, 0.4) is 0 Å². The van der Waals surface area contributed by atoms with Crippen molar-refractivity contribution in [2.24, 2.45) is 5.92 Å². The van der Waals surface area contributed by atoms with Crippen molar-refractivity contribution < 1.29 is 9.59 Å². The van der Waals surface area contributed by atoms with E-state index in [1.54, 1.807) is 12.1 Å². The SMILES string of the molecule is CN(Cc1ccccc1)c1ccccc1NC(=O)c1ccc(NC(=O)C2CC2)s1. The molecule has 1 aliphatic rings. The molecule has 0 bridgehead atoms. The zero-order valence-electron chi connectivity index (χ0n) is 16.2. The van der Waals surface area contributed by atoms with E-state index in [1.165, 1.54) is 16.9 Å². The summed E-state index contributed by atoms with van der Waals surface area (Å²) in [4.78, 5) is 27.3. The van der Waals surface area contributed by atoms with Gasteiger partial charge in [0.15, 0.2) is 0 Å². The van der Waals surface area contributed by atoms with Gasteiger partial charge in [0.1, 0.15) is 0 Å². The predicted octanol–water partition coefficient (Wildman–Crippen LogP) is 4.99. The molecule has 1 heterocycles.